The Morgan fingerprint density at radius 2 is 1.73 bits per heavy atom. The number of hydrogen-bond acceptors (Lipinski definition) is 1. The van der Waals surface area contributed by atoms with Gasteiger partial charge in [0.15, 0.2) is 0 Å². The summed E-state index contributed by atoms with van der Waals surface area (Å²) < 4.78 is 2.26. The minimum absolute atomic E-state index is 0.479. The van der Waals surface area contributed by atoms with Crippen LogP contribution in [0.1, 0.15) is 39.6 Å². The first kappa shape index (κ1) is 11.8. The van der Waals surface area contributed by atoms with E-state index in [4.69, 9.17) is 0 Å². The Morgan fingerprint density at radius 3 is 2.33 bits per heavy atom. The lowest BCUT2D eigenvalue weighted by Gasteiger charge is -2.10. The molecule has 15 heavy (non-hydrogen) atoms. The van der Waals surface area contributed by atoms with Crippen molar-refractivity contribution in [2.24, 2.45) is 0 Å². The lowest BCUT2D eigenvalue weighted by atomic mass is 10.3. The highest BCUT2D eigenvalue weighted by Gasteiger charge is 2.08. The summed E-state index contributed by atoms with van der Waals surface area (Å²) in [5.41, 5.74) is 2.32. The molecule has 0 spiro atoms. The van der Waals surface area contributed by atoms with E-state index >= 15 is 0 Å². The van der Waals surface area contributed by atoms with Crippen LogP contribution in [-0.2, 0) is 0 Å². The van der Waals surface area contributed by atoms with Crippen molar-refractivity contribution >= 4 is 11.0 Å². The molecule has 0 saturated carbocycles. The summed E-state index contributed by atoms with van der Waals surface area (Å²) >= 11 is 0. The molecule has 0 saturated heterocycles. The van der Waals surface area contributed by atoms with Gasteiger partial charge in [0.05, 0.1) is 11.0 Å². The Hall–Kier alpha value is -1.31. The minimum atomic E-state index is 0.479. The summed E-state index contributed by atoms with van der Waals surface area (Å²) in [6, 6.07) is 8.74. The Balaban J connectivity index is 0.000000531. The number of aryl methyl sites for hydroxylation is 1. The maximum Gasteiger partial charge on any atom is 0.106 e. The summed E-state index contributed by atoms with van der Waals surface area (Å²) in [4.78, 5) is 4.50. The molecule has 0 radical (unpaired) electrons. The molecule has 2 aromatic rings. The first-order valence-corrected chi connectivity index (χ1v) is 5.63. The largest absolute Gasteiger partial charge is 0.326 e. The van der Waals surface area contributed by atoms with E-state index in [1.54, 1.807) is 0 Å². The quantitative estimate of drug-likeness (QED) is 0.687. The number of nitrogens with zero attached hydrogens (tertiary/aromatic N) is 2. The number of aromatic nitrogens is 2. The molecule has 2 nitrogen and oxygen atoms in total. The van der Waals surface area contributed by atoms with Gasteiger partial charge in [0.1, 0.15) is 5.82 Å². The van der Waals surface area contributed by atoms with Crippen LogP contribution in [0.5, 0.6) is 0 Å². The molecule has 0 atom stereocenters. The topological polar surface area (TPSA) is 17.8 Å². The molecule has 0 aliphatic carbocycles. The normalized spacial score (nSPS) is 10.3. The van der Waals surface area contributed by atoms with Crippen LogP contribution >= 0.6 is 0 Å². The third kappa shape index (κ3) is 2.20. The maximum absolute atomic E-state index is 4.50. The molecule has 1 aromatic heterocycles. The predicted molar refractivity (Wildman–Crippen MR) is 66.2 cm³/mol. The third-order valence-electron chi connectivity index (χ3n) is 2.29. The third-order valence-corrected chi connectivity index (χ3v) is 2.29. The molecular formula is C13H20N2. The average molecular weight is 204 g/mol. The van der Waals surface area contributed by atoms with Crippen molar-refractivity contribution in [2.75, 3.05) is 0 Å². The fourth-order valence-electron chi connectivity index (χ4n) is 1.82. The Morgan fingerprint density at radius 1 is 1.13 bits per heavy atom. The zero-order chi connectivity index (χ0) is 11.4. The number of para-hydroxylation sites is 2. The number of imidazole rings is 1. The Labute approximate surface area is 91.9 Å². The number of benzene rings is 1. The van der Waals surface area contributed by atoms with Gasteiger partial charge in [-0.05, 0) is 32.9 Å². The molecule has 0 amide bonds. The van der Waals surface area contributed by atoms with E-state index in [0.29, 0.717) is 6.04 Å². The Bertz CT molecular complexity index is 427. The number of hydrogen-bond donors (Lipinski definition) is 0. The smallest absolute Gasteiger partial charge is 0.106 e. The molecule has 2 rings (SSSR count). The van der Waals surface area contributed by atoms with Crippen LogP contribution in [0, 0.1) is 6.92 Å². The van der Waals surface area contributed by atoms with Gasteiger partial charge in [0.2, 0.25) is 0 Å². The number of rotatable bonds is 1. The lowest BCUT2D eigenvalue weighted by Crippen LogP contribution is -2.02. The van der Waals surface area contributed by atoms with Gasteiger partial charge in [-0.3, -0.25) is 0 Å². The highest BCUT2D eigenvalue weighted by molar-refractivity contribution is 5.75. The van der Waals surface area contributed by atoms with Crippen molar-refractivity contribution in [1.82, 2.24) is 9.55 Å². The molecular weight excluding hydrogens is 184 g/mol. The molecule has 0 N–H and O–H groups in total. The number of fused-ring (bicyclic) bond motifs is 1. The summed E-state index contributed by atoms with van der Waals surface area (Å²) in [7, 11) is 0. The molecule has 0 unspecified atom stereocenters. The second-order valence-electron chi connectivity index (χ2n) is 3.61. The van der Waals surface area contributed by atoms with Crippen molar-refractivity contribution in [3.05, 3.63) is 30.1 Å². The summed E-state index contributed by atoms with van der Waals surface area (Å²) in [5, 5.41) is 0. The molecule has 1 aromatic carbocycles. The minimum Gasteiger partial charge on any atom is -0.326 e. The first-order chi connectivity index (χ1) is 7.20. The summed E-state index contributed by atoms with van der Waals surface area (Å²) in [6.45, 7) is 10.4. The summed E-state index contributed by atoms with van der Waals surface area (Å²) in [6.07, 6.45) is 0. The van der Waals surface area contributed by atoms with E-state index in [-0.39, 0.29) is 0 Å². The van der Waals surface area contributed by atoms with E-state index < -0.39 is 0 Å². The Kier molecular flexibility index (Phi) is 3.89. The fraction of sp³-hybridized carbons (Fsp3) is 0.462. The first-order valence-electron chi connectivity index (χ1n) is 5.63. The van der Waals surface area contributed by atoms with Gasteiger partial charge in [-0.25, -0.2) is 4.98 Å². The fourth-order valence-corrected chi connectivity index (χ4v) is 1.82. The second kappa shape index (κ2) is 4.96. The van der Waals surface area contributed by atoms with Crippen LogP contribution in [-0.4, -0.2) is 9.55 Å². The van der Waals surface area contributed by atoms with Gasteiger partial charge < -0.3 is 4.57 Å². The van der Waals surface area contributed by atoms with E-state index in [0.717, 1.165) is 11.3 Å². The van der Waals surface area contributed by atoms with Crippen molar-refractivity contribution in [2.45, 2.75) is 40.7 Å². The van der Waals surface area contributed by atoms with Crippen LogP contribution in [0.4, 0.5) is 0 Å². The zero-order valence-corrected chi connectivity index (χ0v) is 10.3. The highest BCUT2D eigenvalue weighted by Crippen LogP contribution is 2.19. The SMILES string of the molecule is CC.Cc1nc2ccccc2n1C(C)C. The van der Waals surface area contributed by atoms with Gasteiger partial charge in [0, 0.05) is 6.04 Å². The van der Waals surface area contributed by atoms with Crippen LogP contribution in [0.2, 0.25) is 0 Å². The molecule has 0 fully saturated rings. The molecule has 0 bridgehead atoms. The monoisotopic (exact) mass is 204 g/mol. The van der Waals surface area contributed by atoms with E-state index in [2.05, 4.69) is 48.5 Å². The molecule has 0 aliphatic rings. The zero-order valence-electron chi connectivity index (χ0n) is 10.3. The lowest BCUT2D eigenvalue weighted by molar-refractivity contribution is 0.600. The molecule has 1 heterocycles. The van der Waals surface area contributed by atoms with Crippen LogP contribution in [0.15, 0.2) is 24.3 Å². The van der Waals surface area contributed by atoms with Crippen molar-refractivity contribution in [1.29, 1.82) is 0 Å². The van der Waals surface area contributed by atoms with Gasteiger partial charge >= 0.3 is 0 Å². The van der Waals surface area contributed by atoms with Gasteiger partial charge in [-0.15, -0.1) is 0 Å². The van der Waals surface area contributed by atoms with Crippen molar-refractivity contribution in [3.8, 4) is 0 Å². The van der Waals surface area contributed by atoms with Crippen molar-refractivity contribution < 1.29 is 0 Å². The molecule has 82 valence electrons. The van der Waals surface area contributed by atoms with Crippen LogP contribution < -0.4 is 0 Å². The standard InChI is InChI=1S/C11H14N2.C2H6/c1-8(2)13-9(3)12-10-6-4-5-7-11(10)13;1-2/h4-8H,1-3H3;1-2H3. The van der Waals surface area contributed by atoms with Gasteiger partial charge in [-0.2, -0.15) is 0 Å². The second-order valence-corrected chi connectivity index (χ2v) is 3.61. The van der Waals surface area contributed by atoms with Gasteiger partial charge in [-0.1, -0.05) is 26.0 Å². The average Bonchev–Trinajstić information content (AvgIpc) is 2.56. The molecule has 2 heteroatoms. The highest BCUT2D eigenvalue weighted by atomic mass is 15.1. The maximum atomic E-state index is 4.50. The van der Waals surface area contributed by atoms with Crippen LogP contribution in [0.25, 0.3) is 11.0 Å². The van der Waals surface area contributed by atoms with E-state index in [1.807, 2.05) is 19.9 Å². The summed E-state index contributed by atoms with van der Waals surface area (Å²) in [5.74, 6) is 1.09. The van der Waals surface area contributed by atoms with Crippen molar-refractivity contribution in [3.63, 3.8) is 0 Å². The van der Waals surface area contributed by atoms with E-state index in [1.165, 1.54) is 5.52 Å². The predicted octanol–water partition coefficient (Wildman–Crippen LogP) is 3.95. The van der Waals surface area contributed by atoms with Crippen LogP contribution in [0.3, 0.4) is 0 Å². The van der Waals surface area contributed by atoms with Gasteiger partial charge in [0.25, 0.3) is 0 Å². The van der Waals surface area contributed by atoms with E-state index in [9.17, 15) is 0 Å². The molecule has 0 aliphatic heterocycles.